The Hall–Kier alpha value is -1.97. The summed E-state index contributed by atoms with van der Waals surface area (Å²) in [5, 5.41) is 18.9. The van der Waals surface area contributed by atoms with Crippen LogP contribution in [0.4, 0.5) is 0 Å². The third-order valence-electron chi connectivity index (χ3n) is 10.4. The second kappa shape index (κ2) is 15.4. The van der Waals surface area contributed by atoms with Crippen LogP contribution in [0, 0.1) is 5.92 Å². The monoisotopic (exact) mass is 810 g/mol. The van der Waals surface area contributed by atoms with Crippen LogP contribution in [0.5, 0.6) is 5.75 Å². The van der Waals surface area contributed by atoms with Crippen LogP contribution in [-0.2, 0) is 48.9 Å². The summed E-state index contributed by atoms with van der Waals surface area (Å²) in [5.74, 6) is 0.821. The van der Waals surface area contributed by atoms with Gasteiger partial charge in [0.15, 0.2) is 0 Å². The summed E-state index contributed by atoms with van der Waals surface area (Å²) >= 11 is 8.39. The van der Waals surface area contributed by atoms with Gasteiger partial charge in [0.05, 0.1) is 0 Å². The van der Waals surface area contributed by atoms with Gasteiger partial charge >= 0.3 is 26.2 Å². The van der Waals surface area contributed by atoms with Gasteiger partial charge in [0.1, 0.15) is 8.07 Å². The Balaban J connectivity index is 0.000000178. The van der Waals surface area contributed by atoms with E-state index < -0.39 is 8.07 Å². The Bertz CT molecular complexity index is 1990. The number of benzene rings is 3. The van der Waals surface area contributed by atoms with Crippen LogP contribution in [0.15, 0.2) is 99.1 Å². The molecule has 1 aliphatic carbocycles. The van der Waals surface area contributed by atoms with Gasteiger partial charge in [-0.2, -0.15) is 6.07 Å². The summed E-state index contributed by atoms with van der Waals surface area (Å²) in [6, 6.07) is 23.9. The molecular weight excluding hydrogens is 755 g/mol. The molecular formula is C46H57ClOSSiZr. The van der Waals surface area contributed by atoms with Crippen molar-refractivity contribution in [3.63, 3.8) is 0 Å². The molecule has 1 unspecified atom stereocenters. The number of hydrogen-bond donors (Lipinski definition) is 0. The Kier molecular flexibility index (Phi) is 12.6. The first kappa shape index (κ1) is 41.8. The molecule has 0 saturated carbocycles. The van der Waals surface area contributed by atoms with Crippen molar-refractivity contribution < 1.29 is 31.3 Å². The minimum absolute atomic E-state index is 0. The molecule has 2 aliphatic heterocycles. The molecule has 0 N–H and O–H groups in total. The van der Waals surface area contributed by atoms with Crippen LogP contribution >= 0.6 is 23.4 Å². The molecule has 5 heteroatoms. The number of hydrogen-bond acceptors (Lipinski definition) is 2. The number of fused-ring (bicyclic) bond motifs is 1. The smallest absolute Gasteiger partial charge is 0.872 e. The molecule has 1 nitrogen and oxygen atoms in total. The SMILES string of the molecule is CC(C)(C)c1ccc([O-])c(C(C)(C)C)c1Cl.CC1=C2C3C(=CC=C3[Si]2(C)C)S1.CCCc1cc2c(-c3ccc(C(C)(C)C)cc3)cccc2[cH-]1.[Zr+2]. The molecule has 1 atom stereocenters. The van der Waals surface area contributed by atoms with Crippen LogP contribution in [0.25, 0.3) is 21.9 Å². The molecule has 268 valence electrons. The van der Waals surface area contributed by atoms with E-state index in [0.717, 1.165) is 23.5 Å². The van der Waals surface area contributed by atoms with E-state index in [2.05, 4.69) is 135 Å². The molecule has 4 aromatic rings. The standard InChI is InChI=1S/C22H25.C14H21ClO.C10H12SSi.Zr/c1-5-7-16-14-18-8-6-9-20(21(18)15-16)17-10-12-19(13-11-17)22(2,3)4;1-13(2,3)9-7-8-10(16)11(12(9)15)14(4,5)6;1-6-10-9-7(11-6)4-5-8(9)12(10,2)3;/h6,8-15H,5,7H2,1-4H3;7-8,16H,1-6H3;4-5,9H,1-3H3;/q-1;;;+2/p-1. The maximum atomic E-state index is 11.9. The minimum atomic E-state index is -1.06. The Labute approximate surface area is 338 Å². The van der Waals surface area contributed by atoms with Gasteiger partial charge in [-0.1, -0.05) is 183 Å². The van der Waals surface area contributed by atoms with Gasteiger partial charge in [-0.25, -0.2) is 0 Å². The Morgan fingerprint density at radius 2 is 1.49 bits per heavy atom. The van der Waals surface area contributed by atoms with Crippen molar-refractivity contribution >= 4 is 42.2 Å². The first-order chi connectivity index (χ1) is 23.2. The van der Waals surface area contributed by atoms with Crippen LogP contribution < -0.4 is 5.11 Å². The summed E-state index contributed by atoms with van der Waals surface area (Å²) in [7, 11) is -1.06. The van der Waals surface area contributed by atoms with E-state index in [1.54, 1.807) is 21.1 Å². The van der Waals surface area contributed by atoms with E-state index in [-0.39, 0.29) is 48.2 Å². The van der Waals surface area contributed by atoms with E-state index in [9.17, 15) is 5.11 Å². The molecule has 4 aromatic carbocycles. The maximum Gasteiger partial charge on any atom is 2.00 e. The predicted octanol–water partition coefficient (Wildman–Crippen LogP) is 13.7. The summed E-state index contributed by atoms with van der Waals surface area (Å²) < 4.78 is 0. The topological polar surface area (TPSA) is 23.1 Å². The molecule has 51 heavy (non-hydrogen) atoms. The van der Waals surface area contributed by atoms with Crippen LogP contribution in [-0.4, -0.2) is 8.07 Å². The fraction of sp³-hybridized carbons (Fsp3) is 0.413. The summed E-state index contributed by atoms with van der Waals surface area (Å²) in [4.78, 5) is 3.21. The first-order valence-electron chi connectivity index (χ1n) is 18.3. The van der Waals surface area contributed by atoms with Gasteiger partial charge in [-0.15, -0.1) is 40.3 Å². The average molecular weight is 813 g/mol. The van der Waals surface area contributed by atoms with Crippen LogP contribution in [0.2, 0.25) is 18.1 Å². The zero-order valence-corrected chi connectivity index (χ0v) is 38.2. The number of thioether (sulfide) groups is 1. The van der Waals surface area contributed by atoms with Crippen LogP contribution in [0.1, 0.15) is 105 Å². The predicted molar refractivity (Wildman–Crippen MR) is 223 cm³/mol. The van der Waals surface area contributed by atoms with Gasteiger partial charge in [-0.05, 0) is 61.7 Å². The van der Waals surface area contributed by atoms with E-state index in [1.165, 1.54) is 39.4 Å². The van der Waals surface area contributed by atoms with Crippen molar-refractivity contribution in [2.45, 2.75) is 118 Å². The molecule has 3 aliphatic rings. The molecule has 0 aromatic heterocycles. The van der Waals surface area contributed by atoms with Gasteiger partial charge in [0.25, 0.3) is 0 Å². The molecule has 7 rings (SSSR count). The molecule has 1 saturated heterocycles. The largest absolute Gasteiger partial charge is 2.00 e. The minimum Gasteiger partial charge on any atom is -0.872 e. The van der Waals surface area contributed by atoms with Crippen molar-refractivity contribution in [3.8, 4) is 16.9 Å². The van der Waals surface area contributed by atoms with Gasteiger partial charge in [0, 0.05) is 10.9 Å². The molecule has 1 fully saturated rings. The van der Waals surface area contributed by atoms with E-state index >= 15 is 0 Å². The second-order valence-corrected chi connectivity index (χ2v) is 23.9. The first-order valence-corrected chi connectivity index (χ1v) is 22.5. The van der Waals surface area contributed by atoms with Crippen molar-refractivity contribution in [3.05, 3.63) is 126 Å². The quantitative estimate of drug-likeness (QED) is 0.152. The van der Waals surface area contributed by atoms with Crippen molar-refractivity contribution in [1.29, 1.82) is 0 Å². The van der Waals surface area contributed by atoms with Gasteiger partial charge in [-0.3, -0.25) is 0 Å². The molecule has 0 radical (unpaired) electrons. The van der Waals surface area contributed by atoms with E-state index in [0.29, 0.717) is 5.02 Å². The zero-order valence-electron chi connectivity index (χ0n) is 33.2. The maximum absolute atomic E-state index is 11.9. The molecule has 2 heterocycles. The van der Waals surface area contributed by atoms with E-state index in [4.69, 9.17) is 11.6 Å². The van der Waals surface area contributed by atoms with Gasteiger partial charge < -0.3 is 5.11 Å². The normalized spacial score (nSPS) is 17.3. The third kappa shape index (κ3) is 8.56. The summed E-state index contributed by atoms with van der Waals surface area (Å²) in [6.45, 7) is 28.6. The fourth-order valence-corrected chi connectivity index (χ4v) is 14.2. The molecule has 0 bridgehead atoms. The summed E-state index contributed by atoms with van der Waals surface area (Å²) in [6.07, 6.45) is 7.08. The zero-order chi connectivity index (χ0) is 37.0. The number of halogens is 1. The van der Waals surface area contributed by atoms with E-state index in [1.807, 2.05) is 43.8 Å². The number of allylic oxidation sites excluding steroid dienone is 6. The Morgan fingerprint density at radius 1 is 0.843 bits per heavy atom. The van der Waals surface area contributed by atoms with Crippen molar-refractivity contribution in [2.24, 2.45) is 5.92 Å². The van der Waals surface area contributed by atoms with Crippen LogP contribution in [0.3, 0.4) is 0 Å². The van der Waals surface area contributed by atoms with Gasteiger partial charge in [0.2, 0.25) is 0 Å². The second-order valence-electron chi connectivity index (χ2n) is 17.9. The van der Waals surface area contributed by atoms with Crippen molar-refractivity contribution in [1.82, 2.24) is 0 Å². The Morgan fingerprint density at radius 3 is 2.06 bits per heavy atom. The molecule has 0 spiro atoms. The number of aryl methyl sites for hydroxylation is 1. The van der Waals surface area contributed by atoms with Crippen molar-refractivity contribution in [2.75, 3.05) is 0 Å². The third-order valence-corrected chi connectivity index (χ3v) is 16.0. The average Bonchev–Trinajstić information content (AvgIpc) is 3.66. The molecule has 0 amide bonds. The fourth-order valence-electron chi connectivity index (χ4n) is 7.76. The number of rotatable bonds is 3. The summed E-state index contributed by atoms with van der Waals surface area (Å²) in [5.41, 5.74) is 7.22.